The van der Waals surface area contributed by atoms with Gasteiger partial charge in [0.25, 0.3) is 0 Å². The first kappa shape index (κ1) is 18.2. The second-order valence-electron chi connectivity index (χ2n) is 6.42. The highest BCUT2D eigenvalue weighted by Crippen LogP contribution is 2.16. The van der Waals surface area contributed by atoms with Gasteiger partial charge in [0.1, 0.15) is 11.5 Å². The van der Waals surface area contributed by atoms with E-state index in [0.29, 0.717) is 19.8 Å². The van der Waals surface area contributed by atoms with E-state index in [1.807, 2.05) is 6.92 Å². The first-order valence-corrected chi connectivity index (χ1v) is 7.91. The Hall–Kier alpha value is -0.840. The van der Waals surface area contributed by atoms with Crippen LogP contribution in [0.4, 0.5) is 0 Å². The highest BCUT2D eigenvalue weighted by molar-refractivity contribution is 5.20. The van der Waals surface area contributed by atoms with Gasteiger partial charge >= 0.3 is 0 Å². The molecule has 21 heavy (non-hydrogen) atoms. The zero-order valence-corrected chi connectivity index (χ0v) is 14.3. The Bertz CT molecular complexity index is 393. The van der Waals surface area contributed by atoms with E-state index in [-0.39, 0.29) is 5.54 Å². The van der Waals surface area contributed by atoms with Gasteiger partial charge in [-0.3, -0.25) is 0 Å². The van der Waals surface area contributed by atoms with Crippen molar-refractivity contribution in [2.24, 2.45) is 0 Å². The van der Waals surface area contributed by atoms with Crippen LogP contribution in [0.15, 0.2) is 10.5 Å². The Balaban J connectivity index is 2.24. The van der Waals surface area contributed by atoms with E-state index < -0.39 is 0 Å². The van der Waals surface area contributed by atoms with Crippen LogP contribution >= 0.6 is 0 Å². The number of rotatable bonds is 10. The molecule has 0 spiro atoms. The molecule has 0 aliphatic rings. The van der Waals surface area contributed by atoms with Gasteiger partial charge in [0.05, 0.1) is 26.4 Å². The summed E-state index contributed by atoms with van der Waals surface area (Å²) in [5, 5.41) is 3.42. The van der Waals surface area contributed by atoms with Crippen molar-refractivity contribution in [2.75, 3.05) is 19.8 Å². The second kappa shape index (κ2) is 9.23. The standard InChI is InChI=1S/C17H31NO3/c1-6-7-8-19-9-10-20-13-15-11-16(21-14(15)2)12-18-17(3,4)5/h11,18H,6-10,12-13H2,1-5H3. The second-order valence-corrected chi connectivity index (χ2v) is 6.42. The molecule has 0 unspecified atom stereocenters. The number of nitrogens with one attached hydrogen (secondary N) is 1. The fourth-order valence-electron chi connectivity index (χ4n) is 1.82. The predicted molar refractivity (Wildman–Crippen MR) is 85.4 cm³/mol. The molecule has 0 amide bonds. The van der Waals surface area contributed by atoms with Gasteiger partial charge < -0.3 is 19.2 Å². The van der Waals surface area contributed by atoms with Crippen LogP contribution in [0.1, 0.15) is 57.6 Å². The first-order chi connectivity index (χ1) is 9.92. The van der Waals surface area contributed by atoms with Crippen molar-refractivity contribution in [3.05, 3.63) is 23.2 Å². The lowest BCUT2D eigenvalue weighted by Gasteiger charge is -2.19. The number of ether oxygens (including phenoxy) is 2. The number of hydrogen-bond acceptors (Lipinski definition) is 4. The van der Waals surface area contributed by atoms with Crippen LogP contribution < -0.4 is 5.32 Å². The molecular weight excluding hydrogens is 266 g/mol. The Morgan fingerprint density at radius 1 is 1.14 bits per heavy atom. The first-order valence-electron chi connectivity index (χ1n) is 7.91. The SMILES string of the molecule is CCCCOCCOCc1cc(CNC(C)(C)C)oc1C. The highest BCUT2D eigenvalue weighted by Gasteiger charge is 2.12. The molecule has 4 nitrogen and oxygen atoms in total. The third-order valence-electron chi connectivity index (χ3n) is 3.14. The third-order valence-corrected chi connectivity index (χ3v) is 3.14. The van der Waals surface area contributed by atoms with Crippen LogP contribution in [0, 0.1) is 6.92 Å². The average molecular weight is 297 g/mol. The molecule has 0 aliphatic heterocycles. The Kier molecular flexibility index (Phi) is 8.01. The fraction of sp³-hybridized carbons (Fsp3) is 0.765. The molecule has 1 rings (SSSR count). The van der Waals surface area contributed by atoms with E-state index in [2.05, 4.69) is 39.1 Å². The summed E-state index contributed by atoms with van der Waals surface area (Å²) in [6.07, 6.45) is 2.28. The van der Waals surface area contributed by atoms with Gasteiger partial charge in [-0.25, -0.2) is 0 Å². The maximum atomic E-state index is 5.75. The summed E-state index contributed by atoms with van der Waals surface area (Å²) in [5.41, 5.74) is 1.21. The van der Waals surface area contributed by atoms with E-state index >= 15 is 0 Å². The van der Waals surface area contributed by atoms with Gasteiger partial charge in [0.15, 0.2) is 0 Å². The molecule has 1 heterocycles. The minimum Gasteiger partial charge on any atom is -0.465 e. The molecular formula is C17H31NO3. The van der Waals surface area contributed by atoms with Crippen LogP contribution in [-0.2, 0) is 22.6 Å². The fourth-order valence-corrected chi connectivity index (χ4v) is 1.82. The summed E-state index contributed by atoms with van der Waals surface area (Å²) >= 11 is 0. The molecule has 122 valence electrons. The molecule has 1 N–H and O–H groups in total. The normalized spacial score (nSPS) is 12.0. The van der Waals surface area contributed by atoms with E-state index in [9.17, 15) is 0 Å². The van der Waals surface area contributed by atoms with Gasteiger partial charge in [0, 0.05) is 17.7 Å². The third kappa shape index (κ3) is 8.24. The summed E-state index contributed by atoms with van der Waals surface area (Å²) in [7, 11) is 0. The molecule has 0 aliphatic carbocycles. The van der Waals surface area contributed by atoms with Crippen molar-refractivity contribution in [1.29, 1.82) is 0 Å². The molecule has 4 heteroatoms. The molecule has 0 radical (unpaired) electrons. The molecule has 1 aromatic heterocycles. The van der Waals surface area contributed by atoms with Crippen molar-refractivity contribution in [3.63, 3.8) is 0 Å². The van der Waals surface area contributed by atoms with Gasteiger partial charge in [-0.15, -0.1) is 0 Å². The number of hydrogen-bond donors (Lipinski definition) is 1. The average Bonchev–Trinajstić information content (AvgIpc) is 2.75. The van der Waals surface area contributed by atoms with Crippen molar-refractivity contribution >= 4 is 0 Å². The largest absolute Gasteiger partial charge is 0.465 e. The molecule has 0 atom stereocenters. The van der Waals surface area contributed by atoms with Crippen molar-refractivity contribution < 1.29 is 13.9 Å². The smallest absolute Gasteiger partial charge is 0.118 e. The van der Waals surface area contributed by atoms with Crippen molar-refractivity contribution in [2.45, 2.75) is 66.2 Å². The lowest BCUT2D eigenvalue weighted by molar-refractivity contribution is 0.0393. The van der Waals surface area contributed by atoms with Crippen molar-refractivity contribution in [1.82, 2.24) is 5.32 Å². The zero-order valence-electron chi connectivity index (χ0n) is 14.3. The summed E-state index contributed by atoms with van der Waals surface area (Å²) in [4.78, 5) is 0. The molecule has 0 aromatic carbocycles. The Labute approximate surface area is 129 Å². The lowest BCUT2D eigenvalue weighted by atomic mass is 10.1. The molecule has 0 saturated carbocycles. The summed E-state index contributed by atoms with van der Waals surface area (Å²) < 4.78 is 16.8. The van der Waals surface area contributed by atoms with Crippen LogP contribution in [0.25, 0.3) is 0 Å². The molecule has 0 fully saturated rings. The summed E-state index contributed by atoms with van der Waals surface area (Å²) in [6.45, 7) is 14.0. The van der Waals surface area contributed by atoms with Gasteiger partial charge in [-0.2, -0.15) is 0 Å². The quantitative estimate of drug-likeness (QED) is 0.667. The number of aryl methyl sites for hydroxylation is 1. The van der Waals surface area contributed by atoms with Crippen LogP contribution in [0.3, 0.4) is 0 Å². The molecule has 0 bridgehead atoms. The zero-order chi connectivity index (χ0) is 15.7. The number of unbranched alkanes of at least 4 members (excludes halogenated alkanes) is 1. The van der Waals surface area contributed by atoms with Crippen LogP contribution in [-0.4, -0.2) is 25.4 Å². The van der Waals surface area contributed by atoms with Crippen LogP contribution in [0.2, 0.25) is 0 Å². The number of furan rings is 1. The van der Waals surface area contributed by atoms with E-state index in [1.165, 1.54) is 6.42 Å². The van der Waals surface area contributed by atoms with E-state index in [1.54, 1.807) is 0 Å². The van der Waals surface area contributed by atoms with Gasteiger partial charge in [-0.1, -0.05) is 13.3 Å². The Morgan fingerprint density at radius 3 is 2.52 bits per heavy atom. The summed E-state index contributed by atoms with van der Waals surface area (Å²) in [5.74, 6) is 1.90. The van der Waals surface area contributed by atoms with E-state index in [4.69, 9.17) is 13.9 Å². The highest BCUT2D eigenvalue weighted by atomic mass is 16.5. The lowest BCUT2D eigenvalue weighted by Crippen LogP contribution is -2.34. The predicted octanol–water partition coefficient (Wildman–Crippen LogP) is 3.81. The molecule has 0 saturated heterocycles. The topological polar surface area (TPSA) is 43.6 Å². The maximum absolute atomic E-state index is 5.75. The monoisotopic (exact) mass is 297 g/mol. The minimum absolute atomic E-state index is 0.0905. The summed E-state index contributed by atoms with van der Waals surface area (Å²) in [6, 6.07) is 2.08. The molecule has 1 aromatic rings. The van der Waals surface area contributed by atoms with E-state index in [0.717, 1.165) is 36.7 Å². The van der Waals surface area contributed by atoms with Gasteiger partial charge in [-0.05, 0) is 40.2 Å². The maximum Gasteiger partial charge on any atom is 0.118 e. The Morgan fingerprint density at radius 2 is 1.86 bits per heavy atom. The minimum atomic E-state index is 0.0905. The van der Waals surface area contributed by atoms with Crippen LogP contribution in [0.5, 0.6) is 0 Å². The van der Waals surface area contributed by atoms with Crippen molar-refractivity contribution in [3.8, 4) is 0 Å². The van der Waals surface area contributed by atoms with Gasteiger partial charge in [0.2, 0.25) is 0 Å².